The van der Waals surface area contributed by atoms with Crippen molar-refractivity contribution in [2.45, 2.75) is 58.8 Å². The molecule has 108 valence electrons. The average Bonchev–Trinajstić information content (AvgIpc) is 2.72. The van der Waals surface area contributed by atoms with Gasteiger partial charge in [0.15, 0.2) is 0 Å². The largest absolute Gasteiger partial charge is 0.0998 e. The molecular formula is C20H28. The van der Waals surface area contributed by atoms with Crippen molar-refractivity contribution in [3.8, 4) is 0 Å². The third-order valence-electron chi connectivity index (χ3n) is 7.33. The van der Waals surface area contributed by atoms with Crippen LogP contribution in [-0.2, 0) is 0 Å². The molecule has 20 heavy (non-hydrogen) atoms. The maximum Gasteiger partial charge on any atom is -0.00445 e. The minimum atomic E-state index is 0.475. The molecule has 4 aliphatic rings. The Bertz CT molecular complexity index is 508. The fourth-order valence-corrected chi connectivity index (χ4v) is 6.26. The zero-order valence-electron chi connectivity index (χ0n) is 13.1. The van der Waals surface area contributed by atoms with Gasteiger partial charge in [-0.05, 0) is 79.1 Å². The first-order chi connectivity index (χ1) is 9.53. The zero-order chi connectivity index (χ0) is 14.0. The molecule has 0 amide bonds. The highest BCUT2D eigenvalue weighted by molar-refractivity contribution is 5.34. The van der Waals surface area contributed by atoms with E-state index in [0.717, 1.165) is 17.8 Å². The summed E-state index contributed by atoms with van der Waals surface area (Å²) in [5, 5.41) is 0. The monoisotopic (exact) mass is 268 g/mol. The number of hydrogen-bond donors (Lipinski definition) is 0. The Morgan fingerprint density at radius 1 is 1.20 bits per heavy atom. The number of rotatable bonds is 0. The topological polar surface area (TPSA) is 0 Å². The number of allylic oxidation sites excluding steroid dienone is 5. The molecule has 4 rings (SSSR count). The van der Waals surface area contributed by atoms with Crippen LogP contribution >= 0.6 is 0 Å². The summed E-state index contributed by atoms with van der Waals surface area (Å²) in [6.07, 6.45) is 16.9. The zero-order valence-corrected chi connectivity index (χ0v) is 13.1. The average molecular weight is 268 g/mol. The highest BCUT2D eigenvalue weighted by Crippen LogP contribution is 2.64. The van der Waals surface area contributed by atoms with Gasteiger partial charge in [0, 0.05) is 0 Å². The minimum Gasteiger partial charge on any atom is -0.0998 e. The molecule has 0 radical (unpaired) electrons. The lowest BCUT2D eigenvalue weighted by atomic mass is 9.49. The number of hydrogen-bond acceptors (Lipinski definition) is 0. The van der Waals surface area contributed by atoms with E-state index in [1.54, 1.807) is 5.57 Å². The molecule has 0 unspecified atom stereocenters. The summed E-state index contributed by atoms with van der Waals surface area (Å²) < 4.78 is 0. The maximum absolute atomic E-state index is 4.33. The predicted octanol–water partition coefficient (Wildman–Crippen LogP) is 5.67. The quantitative estimate of drug-likeness (QED) is 0.496. The van der Waals surface area contributed by atoms with E-state index in [1.807, 2.05) is 0 Å². The highest BCUT2D eigenvalue weighted by Gasteiger charge is 2.55. The van der Waals surface area contributed by atoms with Crippen LogP contribution in [-0.4, -0.2) is 0 Å². The van der Waals surface area contributed by atoms with Gasteiger partial charge in [-0.2, -0.15) is 0 Å². The second-order valence-corrected chi connectivity index (χ2v) is 8.45. The summed E-state index contributed by atoms with van der Waals surface area (Å²) in [5.74, 6) is 2.76. The van der Waals surface area contributed by atoms with Gasteiger partial charge in [0.05, 0.1) is 0 Å². The lowest BCUT2D eigenvalue weighted by Crippen LogP contribution is -2.47. The van der Waals surface area contributed by atoms with Crippen LogP contribution in [0.3, 0.4) is 0 Å². The molecule has 0 saturated heterocycles. The van der Waals surface area contributed by atoms with E-state index in [4.69, 9.17) is 0 Å². The van der Waals surface area contributed by atoms with E-state index >= 15 is 0 Å². The molecule has 4 aliphatic carbocycles. The Morgan fingerprint density at radius 2 is 2.05 bits per heavy atom. The van der Waals surface area contributed by atoms with Crippen molar-refractivity contribution in [2.75, 3.05) is 0 Å². The summed E-state index contributed by atoms with van der Waals surface area (Å²) in [5.41, 5.74) is 4.24. The van der Waals surface area contributed by atoms with E-state index in [2.05, 4.69) is 38.7 Å². The lowest BCUT2D eigenvalue weighted by molar-refractivity contribution is -0.0179. The van der Waals surface area contributed by atoms with Gasteiger partial charge in [-0.3, -0.25) is 0 Å². The van der Waals surface area contributed by atoms with Crippen LogP contribution in [0.15, 0.2) is 36.0 Å². The van der Waals surface area contributed by atoms with Crippen molar-refractivity contribution in [1.29, 1.82) is 0 Å². The van der Waals surface area contributed by atoms with Gasteiger partial charge in [-0.1, -0.05) is 44.2 Å². The van der Waals surface area contributed by atoms with Crippen molar-refractivity contribution in [2.24, 2.45) is 28.6 Å². The molecule has 0 N–H and O–H groups in total. The van der Waals surface area contributed by atoms with Crippen molar-refractivity contribution < 1.29 is 0 Å². The van der Waals surface area contributed by atoms with Gasteiger partial charge < -0.3 is 0 Å². The summed E-state index contributed by atoms with van der Waals surface area (Å²) in [6, 6.07) is 0. The number of fused-ring (bicyclic) bond motifs is 5. The molecule has 0 aromatic carbocycles. The van der Waals surface area contributed by atoms with Gasteiger partial charge in [0.2, 0.25) is 0 Å². The molecule has 0 aromatic rings. The summed E-state index contributed by atoms with van der Waals surface area (Å²) in [4.78, 5) is 0. The van der Waals surface area contributed by atoms with Gasteiger partial charge >= 0.3 is 0 Å². The van der Waals surface area contributed by atoms with E-state index in [1.165, 1.54) is 50.5 Å². The first-order valence-corrected chi connectivity index (χ1v) is 8.57. The molecule has 0 nitrogen and oxygen atoms in total. The molecule has 0 aromatic heterocycles. The van der Waals surface area contributed by atoms with E-state index in [0.29, 0.717) is 10.8 Å². The SMILES string of the molecule is C=C1C[C@H]2[C@@H]3CC=C4C=CCC[C@]4(C)[C@H]3CC[C@]2(C)C1. The first-order valence-electron chi connectivity index (χ1n) is 8.57. The molecule has 0 aliphatic heterocycles. The first kappa shape index (κ1) is 12.9. The molecule has 0 heterocycles. The van der Waals surface area contributed by atoms with Crippen LogP contribution in [0.1, 0.15) is 58.8 Å². The second kappa shape index (κ2) is 4.12. The van der Waals surface area contributed by atoms with Crippen LogP contribution in [0, 0.1) is 28.6 Å². The Hall–Kier alpha value is -0.780. The van der Waals surface area contributed by atoms with Crippen LogP contribution in [0.4, 0.5) is 0 Å². The molecule has 0 spiro atoms. The van der Waals surface area contributed by atoms with Gasteiger partial charge in [-0.15, -0.1) is 0 Å². The summed E-state index contributed by atoms with van der Waals surface area (Å²) in [6.45, 7) is 9.44. The Morgan fingerprint density at radius 3 is 2.90 bits per heavy atom. The molecule has 5 atom stereocenters. The maximum atomic E-state index is 4.33. The third kappa shape index (κ3) is 1.60. The van der Waals surface area contributed by atoms with E-state index in [-0.39, 0.29) is 0 Å². The summed E-state index contributed by atoms with van der Waals surface area (Å²) >= 11 is 0. The minimum absolute atomic E-state index is 0.475. The molecular weight excluding hydrogens is 240 g/mol. The van der Waals surface area contributed by atoms with Crippen LogP contribution in [0.5, 0.6) is 0 Å². The normalized spacial score (nSPS) is 50.2. The van der Waals surface area contributed by atoms with Gasteiger partial charge in [0.25, 0.3) is 0 Å². The Balaban J connectivity index is 1.73. The van der Waals surface area contributed by atoms with E-state index < -0.39 is 0 Å². The van der Waals surface area contributed by atoms with Crippen molar-refractivity contribution in [3.63, 3.8) is 0 Å². The predicted molar refractivity (Wildman–Crippen MR) is 85.4 cm³/mol. The van der Waals surface area contributed by atoms with Crippen LogP contribution < -0.4 is 0 Å². The van der Waals surface area contributed by atoms with Crippen LogP contribution in [0.2, 0.25) is 0 Å². The molecule has 0 heteroatoms. The lowest BCUT2D eigenvalue weighted by Gasteiger charge is -2.55. The van der Waals surface area contributed by atoms with Crippen molar-refractivity contribution in [1.82, 2.24) is 0 Å². The second-order valence-electron chi connectivity index (χ2n) is 8.45. The van der Waals surface area contributed by atoms with E-state index in [9.17, 15) is 0 Å². The third-order valence-corrected chi connectivity index (χ3v) is 7.33. The smallest absolute Gasteiger partial charge is 0.00445 e. The molecule has 0 bridgehead atoms. The fourth-order valence-electron chi connectivity index (χ4n) is 6.26. The Kier molecular flexibility index (Phi) is 2.66. The van der Waals surface area contributed by atoms with Gasteiger partial charge in [-0.25, -0.2) is 0 Å². The fraction of sp³-hybridized carbons (Fsp3) is 0.700. The Labute approximate surface area is 124 Å². The standard InChI is InChI=1S/C20H28/c1-14-12-18-16-8-7-15-6-4-5-10-20(15,3)17(16)9-11-19(18,2)13-14/h4,6-7,16-18H,1,5,8-13H2,2-3H3/t16-,17+,18+,19-,20+/m1/s1. The van der Waals surface area contributed by atoms with Crippen molar-refractivity contribution >= 4 is 0 Å². The van der Waals surface area contributed by atoms with Gasteiger partial charge in [0.1, 0.15) is 0 Å². The highest BCUT2D eigenvalue weighted by atomic mass is 14.6. The molecule has 2 saturated carbocycles. The van der Waals surface area contributed by atoms with Crippen LogP contribution in [0.25, 0.3) is 0 Å². The molecule has 2 fully saturated rings. The summed E-state index contributed by atoms with van der Waals surface area (Å²) in [7, 11) is 0. The van der Waals surface area contributed by atoms with Crippen molar-refractivity contribution in [3.05, 3.63) is 36.0 Å².